The minimum Gasteiger partial charge on any atom is -0.396 e. The van der Waals surface area contributed by atoms with Crippen LogP contribution >= 0.6 is 0 Å². The number of nitrogens with one attached hydrogen (secondary N) is 2. The molecule has 1 fully saturated rings. The van der Waals surface area contributed by atoms with Crippen LogP contribution in [-0.2, 0) is 9.59 Å². The van der Waals surface area contributed by atoms with Crippen LogP contribution in [0.1, 0.15) is 26.7 Å². The first kappa shape index (κ1) is 14.0. The van der Waals surface area contributed by atoms with Crippen LogP contribution in [0.15, 0.2) is 0 Å². The molecule has 5 heteroatoms. The smallest absolute Gasteiger partial charge is 0.223 e. The standard InChI is InChI=1S/C12H22N2O3/c1-8(7-15)6-14-11(16)3-4-13-12(17)10-5-9(10)2/h8-10,15H,3-7H2,1-2H3,(H,13,17)(H,14,16). The topological polar surface area (TPSA) is 78.4 Å². The van der Waals surface area contributed by atoms with Gasteiger partial charge in [0, 0.05) is 32.0 Å². The Morgan fingerprint density at radius 3 is 2.59 bits per heavy atom. The first-order chi connectivity index (χ1) is 8.04. The van der Waals surface area contributed by atoms with Crippen molar-refractivity contribution in [3.8, 4) is 0 Å². The first-order valence-corrected chi connectivity index (χ1v) is 6.19. The molecule has 98 valence electrons. The zero-order chi connectivity index (χ0) is 12.8. The molecule has 1 aliphatic rings. The van der Waals surface area contributed by atoms with Gasteiger partial charge in [0.05, 0.1) is 0 Å². The van der Waals surface area contributed by atoms with Crippen LogP contribution < -0.4 is 10.6 Å². The van der Waals surface area contributed by atoms with Crippen molar-refractivity contribution in [2.45, 2.75) is 26.7 Å². The highest BCUT2D eigenvalue weighted by atomic mass is 16.3. The van der Waals surface area contributed by atoms with Gasteiger partial charge in [-0.1, -0.05) is 13.8 Å². The van der Waals surface area contributed by atoms with Gasteiger partial charge in [0.2, 0.25) is 11.8 Å². The van der Waals surface area contributed by atoms with Gasteiger partial charge in [-0.3, -0.25) is 9.59 Å². The lowest BCUT2D eigenvalue weighted by Gasteiger charge is -2.09. The molecule has 3 N–H and O–H groups in total. The number of aliphatic hydroxyl groups is 1. The lowest BCUT2D eigenvalue weighted by molar-refractivity contribution is -0.123. The average Bonchev–Trinajstić information content (AvgIpc) is 3.03. The number of rotatable bonds is 7. The van der Waals surface area contributed by atoms with E-state index >= 15 is 0 Å². The summed E-state index contributed by atoms with van der Waals surface area (Å²) in [6, 6.07) is 0. The number of aliphatic hydroxyl groups excluding tert-OH is 1. The second-order valence-corrected chi connectivity index (χ2v) is 4.95. The van der Waals surface area contributed by atoms with Gasteiger partial charge in [0.1, 0.15) is 0 Å². The van der Waals surface area contributed by atoms with Crippen LogP contribution in [0.2, 0.25) is 0 Å². The van der Waals surface area contributed by atoms with Gasteiger partial charge in [0.15, 0.2) is 0 Å². The fourth-order valence-electron chi connectivity index (χ4n) is 1.56. The third-order valence-electron chi connectivity index (χ3n) is 3.06. The van der Waals surface area contributed by atoms with Gasteiger partial charge >= 0.3 is 0 Å². The number of carbonyl (C=O) groups is 2. The fraction of sp³-hybridized carbons (Fsp3) is 0.833. The molecule has 0 saturated heterocycles. The van der Waals surface area contributed by atoms with Crippen LogP contribution in [0, 0.1) is 17.8 Å². The Morgan fingerprint density at radius 2 is 2.06 bits per heavy atom. The van der Waals surface area contributed by atoms with E-state index in [-0.39, 0.29) is 30.3 Å². The molecule has 0 aliphatic heterocycles. The Bertz CT molecular complexity index is 281. The molecule has 5 nitrogen and oxygen atoms in total. The van der Waals surface area contributed by atoms with Crippen LogP contribution in [0.25, 0.3) is 0 Å². The number of carbonyl (C=O) groups excluding carboxylic acids is 2. The second-order valence-electron chi connectivity index (χ2n) is 4.95. The monoisotopic (exact) mass is 242 g/mol. The molecule has 0 aromatic carbocycles. The lowest BCUT2D eigenvalue weighted by Crippen LogP contribution is -2.34. The second kappa shape index (κ2) is 6.59. The van der Waals surface area contributed by atoms with Crippen LogP contribution in [0.4, 0.5) is 0 Å². The Kier molecular flexibility index (Phi) is 5.41. The minimum atomic E-state index is -0.0885. The average molecular weight is 242 g/mol. The van der Waals surface area contributed by atoms with E-state index in [2.05, 4.69) is 10.6 Å². The van der Waals surface area contributed by atoms with E-state index in [4.69, 9.17) is 5.11 Å². The predicted octanol–water partition coefficient (Wildman–Crippen LogP) is -0.107. The van der Waals surface area contributed by atoms with Gasteiger partial charge in [0.25, 0.3) is 0 Å². The minimum absolute atomic E-state index is 0.0639. The maximum atomic E-state index is 11.4. The Balaban J connectivity index is 2.02. The molecule has 3 unspecified atom stereocenters. The van der Waals surface area contributed by atoms with Gasteiger partial charge in [-0.25, -0.2) is 0 Å². The van der Waals surface area contributed by atoms with Crippen LogP contribution in [-0.4, -0.2) is 36.6 Å². The highest BCUT2D eigenvalue weighted by Crippen LogP contribution is 2.37. The van der Waals surface area contributed by atoms with E-state index in [9.17, 15) is 9.59 Å². The predicted molar refractivity (Wildman–Crippen MR) is 64.2 cm³/mol. The molecule has 0 aromatic rings. The largest absolute Gasteiger partial charge is 0.396 e. The summed E-state index contributed by atoms with van der Waals surface area (Å²) in [5, 5.41) is 14.2. The summed E-state index contributed by atoms with van der Waals surface area (Å²) < 4.78 is 0. The Hall–Kier alpha value is -1.10. The van der Waals surface area contributed by atoms with Gasteiger partial charge in [-0.15, -0.1) is 0 Å². The summed E-state index contributed by atoms with van der Waals surface area (Å²) >= 11 is 0. The summed E-state index contributed by atoms with van der Waals surface area (Å²) in [6.07, 6.45) is 1.26. The maximum absolute atomic E-state index is 11.4. The van der Waals surface area contributed by atoms with E-state index in [0.717, 1.165) is 6.42 Å². The molecule has 17 heavy (non-hydrogen) atoms. The Labute approximate surface area is 102 Å². The third kappa shape index (κ3) is 5.17. The van der Waals surface area contributed by atoms with E-state index in [1.54, 1.807) is 0 Å². The molecule has 0 aromatic heterocycles. The summed E-state index contributed by atoms with van der Waals surface area (Å²) in [6.45, 7) is 4.84. The highest BCUT2D eigenvalue weighted by molar-refractivity contribution is 5.82. The lowest BCUT2D eigenvalue weighted by atomic mass is 10.2. The number of amides is 2. The zero-order valence-electron chi connectivity index (χ0n) is 10.5. The molecule has 0 bridgehead atoms. The molecule has 0 radical (unpaired) electrons. The first-order valence-electron chi connectivity index (χ1n) is 6.19. The summed E-state index contributed by atoms with van der Waals surface area (Å²) in [5.41, 5.74) is 0. The number of hydrogen-bond acceptors (Lipinski definition) is 3. The van der Waals surface area contributed by atoms with E-state index < -0.39 is 0 Å². The molecule has 3 atom stereocenters. The van der Waals surface area contributed by atoms with Gasteiger partial charge in [-0.2, -0.15) is 0 Å². The van der Waals surface area contributed by atoms with E-state index in [1.807, 2.05) is 13.8 Å². The summed E-state index contributed by atoms with van der Waals surface area (Å²) in [4.78, 5) is 22.8. The van der Waals surface area contributed by atoms with Crippen molar-refractivity contribution in [3.63, 3.8) is 0 Å². The highest BCUT2D eigenvalue weighted by Gasteiger charge is 2.38. The molecule has 2 amide bonds. The fourth-order valence-corrected chi connectivity index (χ4v) is 1.56. The van der Waals surface area contributed by atoms with Crippen molar-refractivity contribution in [2.75, 3.05) is 19.7 Å². The SMILES string of the molecule is CC(CO)CNC(=O)CCNC(=O)C1CC1C. The van der Waals surface area contributed by atoms with Crippen molar-refractivity contribution in [2.24, 2.45) is 17.8 Å². The molecule has 0 spiro atoms. The molecule has 1 saturated carbocycles. The quantitative estimate of drug-likeness (QED) is 0.583. The molecule has 1 aliphatic carbocycles. The number of hydrogen-bond donors (Lipinski definition) is 3. The Morgan fingerprint density at radius 1 is 1.41 bits per heavy atom. The molecular formula is C12H22N2O3. The van der Waals surface area contributed by atoms with Crippen molar-refractivity contribution in [1.82, 2.24) is 10.6 Å². The molecular weight excluding hydrogens is 220 g/mol. The van der Waals surface area contributed by atoms with Crippen molar-refractivity contribution < 1.29 is 14.7 Å². The summed E-state index contributed by atoms with van der Waals surface area (Å²) in [5.74, 6) is 0.700. The van der Waals surface area contributed by atoms with E-state index in [1.165, 1.54) is 0 Å². The van der Waals surface area contributed by atoms with Gasteiger partial charge < -0.3 is 15.7 Å². The third-order valence-corrected chi connectivity index (χ3v) is 3.06. The van der Waals surface area contributed by atoms with Crippen LogP contribution in [0.3, 0.4) is 0 Å². The van der Waals surface area contributed by atoms with Crippen molar-refractivity contribution in [1.29, 1.82) is 0 Å². The van der Waals surface area contributed by atoms with Crippen molar-refractivity contribution in [3.05, 3.63) is 0 Å². The van der Waals surface area contributed by atoms with Gasteiger partial charge in [-0.05, 0) is 18.3 Å². The normalized spacial score (nSPS) is 23.9. The summed E-state index contributed by atoms with van der Waals surface area (Å²) in [7, 11) is 0. The maximum Gasteiger partial charge on any atom is 0.223 e. The molecule has 1 rings (SSSR count). The zero-order valence-corrected chi connectivity index (χ0v) is 10.5. The van der Waals surface area contributed by atoms with Crippen LogP contribution in [0.5, 0.6) is 0 Å². The molecule has 0 heterocycles. The van der Waals surface area contributed by atoms with E-state index in [0.29, 0.717) is 25.4 Å². The van der Waals surface area contributed by atoms with Crippen molar-refractivity contribution >= 4 is 11.8 Å².